The number of nitrogens with zero attached hydrogens (tertiary/aromatic N) is 1. The highest BCUT2D eigenvalue weighted by Gasteiger charge is 2.18. The van der Waals surface area contributed by atoms with Crippen molar-refractivity contribution in [1.29, 1.82) is 0 Å². The summed E-state index contributed by atoms with van der Waals surface area (Å²) >= 11 is 0. The quantitative estimate of drug-likeness (QED) is 0.525. The van der Waals surface area contributed by atoms with Crippen LogP contribution in [0.2, 0.25) is 0 Å². The first-order chi connectivity index (χ1) is 11.8. The maximum absolute atomic E-state index is 12.5. The van der Waals surface area contributed by atoms with E-state index in [-0.39, 0.29) is 5.91 Å². The maximum Gasteiger partial charge on any atom is 0.251 e. The lowest BCUT2D eigenvalue weighted by Crippen LogP contribution is -2.32. The van der Waals surface area contributed by atoms with Crippen LogP contribution in [0.1, 0.15) is 36.0 Å². The lowest BCUT2D eigenvalue weighted by molar-refractivity contribution is 0.0938. The molecule has 0 bridgehead atoms. The Balaban J connectivity index is 1.61. The predicted octanol–water partition coefficient (Wildman–Crippen LogP) is 3.87. The van der Waals surface area contributed by atoms with Crippen LogP contribution in [0, 0.1) is 0 Å². The second-order valence-electron chi connectivity index (χ2n) is 6.66. The van der Waals surface area contributed by atoms with Gasteiger partial charge in [0.1, 0.15) is 0 Å². The minimum absolute atomic E-state index is 0.0285. The monoisotopic (exact) mass is 318 g/mol. The van der Waals surface area contributed by atoms with Gasteiger partial charge in [-0.25, -0.2) is 0 Å². The van der Waals surface area contributed by atoms with Gasteiger partial charge in [-0.3, -0.25) is 9.89 Å². The first-order valence-electron chi connectivity index (χ1n) is 8.48. The number of amides is 1. The summed E-state index contributed by atoms with van der Waals surface area (Å²) in [6.07, 6.45) is 6.44. The van der Waals surface area contributed by atoms with Crippen LogP contribution in [0.4, 0.5) is 0 Å². The van der Waals surface area contributed by atoms with Gasteiger partial charge in [0, 0.05) is 33.3 Å². The van der Waals surface area contributed by atoms with Gasteiger partial charge in [0.05, 0.1) is 17.2 Å². The number of hydrogen-bond acceptors (Lipinski definition) is 2. The molecule has 3 N–H and O–H groups in total. The SMILES string of the molecule is O=C(NC1CCCC1)c1ccc2[nH]c3c(ccc4cn[nH]c43)c2c1. The molecule has 2 aromatic heterocycles. The number of H-pyrrole nitrogens is 2. The highest BCUT2D eigenvalue weighted by molar-refractivity contribution is 6.16. The number of aromatic nitrogens is 3. The van der Waals surface area contributed by atoms with Crippen molar-refractivity contribution in [1.82, 2.24) is 20.5 Å². The van der Waals surface area contributed by atoms with Crippen LogP contribution >= 0.6 is 0 Å². The zero-order chi connectivity index (χ0) is 16.1. The predicted molar refractivity (Wildman–Crippen MR) is 95.2 cm³/mol. The number of rotatable bonds is 2. The Hall–Kier alpha value is -2.82. The Morgan fingerprint density at radius 1 is 1.08 bits per heavy atom. The summed E-state index contributed by atoms with van der Waals surface area (Å²) in [7, 11) is 0. The zero-order valence-electron chi connectivity index (χ0n) is 13.2. The van der Waals surface area contributed by atoms with E-state index in [0.29, 0.717) is 6.04 Å². The number of fused-ring (bicyclic) bond motifs is 5. The maximum atomic E-state index is 12.5. The van der Waals surface area contributed by atoms with E-state index in [2.05, 4.69) is 32.6 Å². The van der Waals surface area contributed by atoms with Gasteiger partial charge in [-0.1, -0.05) is 25.0 Å². The minimum atomic E-state index is 0.0285. The van der Waals surface area contributed by atoms with E-state index in [4.69, 9.17) is 0 Å². The zero-order valence-corrected chi connectivity index (χ0v) is 13.2. The average molecular weight is 318 g/mol. The van der Waals surface area contributed by atoms with Gasteiger partial charge in [0.2, 0.25) is 0 Å². The molecule has 2 heterocycles. The molecule has 5 nitrogen and oxygen atoms in total. The molecule has 1 fully saturated rings. The fourth-order valence-electron chi connectivity index (χ4n) is 3.86. The van der Waals surface area contributed by atoms with Gasteiger partial charge in [-0.15, -0.1) is 0 Å². The molecule has 0 unspecified atom stereocenters. The van der Waals surface area contributed by atoms with Crippen molar-refractivity contribution in [2.45, 2.75) is 31.7 Å². The largest absolute Gasteiger partial charge is 0.353 e. The minimum Gasteiger partial charge on any atom is -0.353 e. The second kappa shape index (κ2) is 5.09. The number of carbonyl (C=O) groups excluding carboxylic acids is 1. The first-order valence-corrected chi connectivity index (χ1v) is 8.48. The average Bonchev–Trinajstić information content (AvgIpc) is 3.32. The molecule has 0 atom stereocenters. The van der Waals surface area contributed by atoms with Crippen molar-refractivity contribution in [3.63, 3.8) is 0 Å². The third-order valence-corrected chi connectivity index (χ3v) is 5.14. The van der Waals surface area contributed by atoms with Gasteiger partial charge < -0.3 is 10.3 Å². The molecule has 120 valence electrons. The number of nitrogens with one attached hydrogen (secondary N) is 3. The van der Waals surface area contributed by atoms with Crippen LogP contribution in [0.25, 0.3) is 32.7 Å². The van der Waals surface area contributed by atoms with E-state index in [1.807, 2.05) is 24.4 Å². The molecule has 5 heteroatoms. The van der Waals surface area contributed by atoms with Crippen molar-refractivity contribution < 1.29 is 4.79 Å². The molecule has 0 aliphatic heterocycles. The summed E-state index contributed by atoms with van der Waals surface area (Å²) in [4.78, 5) is 16.0. The molecule has 4 aromatic rings. The van der Waals surface area contributed by atoms with Crippen LogP contribution in [-0.4, -0.2) is 27.1 Å². The van der Waals surface area contributed by atoms with Crippen molar-refractivity contribution in [3.05, 3.63) is 42.1 Å². The van der Waals surface area contributed by atoms with Crippen molar-refractivity contribution in [2.24, 2.45) is 0 Å². The van der Waals surface area contributed by atoms with E-state index < -0.39 is 0 Å². The number of aromatic amines is 2. The molecule has 5 rings (SSSR count). The Bertz CT molecular complexity index is 1070. The highest BCUT2D eigenvalue weighted by Crippen LogP contribution is 2.30. The second-order valence-corrected chi connectivity index (χ2v) is 6.66. The molecule has 2 aromatic carbocycles. The lowest BCUT2D eigenvalue weighted by Gasteiger charge is -2.11. The fourth-order valence-corrected chi connectivity index (χ4v) is 3.86. The topological polar surface area (TPSA) is 73.6 Å². The third kappa shape index (κ3) is 2.01. The van der Waals surface area contributed by atoms with Crippen LogP contribution in [0.3, 0.4) is 0 Å². The van der Waals surface area contributed by atoms with Crippen LogP contribution in [0.5, 0.6) is 0 Å². The summed E-state index contributed by atoms with van der Waals surface area (Å²) in [6, 6.07) is 10.3. The summed E-state index contributed by atoms with van der Waals surface area (Å²) in [5, 5.41) is 13.6. The van der Waals surface area contributed by atoms with Crippen molar-refractivity contribution in [2.75, 3.05) is 0 Å². The molecule has 1 aliphatic rings. The number of benzene rings is 2. The smallest absolute Gasteiger partial charge is 0.251 e. The molecule has 0 spiro atoms. The number of hydrogen-bond donors (Lipinski definition) is 3. The molecule has 24 heavy (non-hydrogen) atoms. The van der Waals surface area contributed by atoms with E-state index in [0.717, 1.165) is 51.1 Å². The normalized spacial score (nSPS) is 15.7. The van der Waals surface area contributed by atoms with Crippen molar-refractivity contribution >= 4 is 38.6 Å². The summed E-state index contributed by atoms with van der Waals surface area (Å²) in [6.45, 7) is 0. The molecule has 0 radical (unpaired) electrons. The Kier molecular flexibility index (Phi) is 2.89. The summed E-state index contributed by atoms with van der Waals surface area (Å²) in [5.41, 5.74) is 3.79. The van der Waals surface area contributed by atoms with Gasteiger partial charge >= 0.3 is 0 Å². The Morgan fingerprint density at radius 2 is 1.96 bits per heavy atom. The molecular formula is C19H18N4O. The van der Waals surface area contributed by atoms with Gasteiger partial charge in [0.15, 0.2) is 0 Å². The van der Waals surface area contributed by atoms with Gasteiger partial charge in [-0.2, -0.15) is 5.10 Å². The van der Waals surface area contributed by atoms with E-state index in [9.17, 15) is 4.79 Å². The Labute approximate surface area is 138 Å². The van der Waals surface area contributed by atoms with Crippen LogP contribution < -0.4 is 5.32 Å². The molecular weight excluding hydrogens is 300 g/mol. The highest BCUT2D eigenvalue weighted by atomic mass is 16.1. The van der Waals surface area contributed by atoms with E-state index in [1.165, 1.54) is 12.8 Å². The van der Waals surface area contributed by atoms with Crippen LogP contribution in [-0.2, 0) is 0 Å². The summed E-state index contributed by atoms with van der Waals surface area (Å²) in [5.74, 6) is 0.0285. The molecule has 1 aliphatic carbocycles. The first kappa shape index (κ1) is 13.6. The van der Waals surface area contributed by atoms with E-state index >= 15 is 0 Å². The van der Waals surface area contributed by atoms with Crippen molar-refractivity contribution in [3.8, 4) is 0 Å². The fraction of sp³-hybridized carbons (Fsp3) is 0.263. The van der Waals surface area contributed by atoms with E-state index in [1.54, 1.807) is 0 Å². The van der Waals surface area contributed by atoms with Crippen LogP contribution in [0.15, 0.2) is 36.5 Å². The summed E-state index contributed by atoms with van der Waals surface area (Å²) < 4.78 is 0. The Morgan fingerprint density at radius 3 is 2.83 bits per heavy atom. The standard InChI is InChI=1S/C19H18N4O/c24-19(21-13-3-1-2-4-13)11-6-8-16-15(9-11)14-7-5-12-10-20-23-17(12)18(14)22-16/h5-10,13,22H,1-4H2,(H,20,23)(H,21,24). The van der Waals surface area contributed by atoms with Gasteiger partial charge in [-0.05, 0) is 31.0 Å². The molecule has 1 amide bonds. The molecule has 0 saturated heterocycles. The third-order valence-electron chi connectivity index (χ3n) is 5.14. The number of carbonyl (C=O) groups is 1. The van der Waals surface area contributed by atoms with Gasteiger partial charge in [0.25, 0.3) is 5.91 Å². The lowest BCUT2D eigenvalue weighted by atomic mass is 10.1. The molecule has 1 saturated carbocycles.